The van der Waals surface area contributed by atoms with Gasteiger partial charge in [-0.15, -0.1) is 0 Å². The molecule has 0 atom stereocenters. The van der Waals surface area contributed by atoms with Gasteiger partial charge in [-0.25, -0.2) is 0 Å². The summed E-state index contributed by atoms with van der Waals surface area (Å²) in [6.07, 6.45) is 6.20. The van der Waals surface area contributed by atoms with Crippen molar-refractivity contribution in [3.05, 3.63) is 0 Å². The van der Waals surface area contributed by atoms with E-state index >= 15 is 0 Å². The summed E-state index contributed by atoms with van der Waals surface area (Å²) in [5, 5.41) is 8.44. The Balaban J connectivity index is 0.000000292. The van der Waals surface area contributed by atoms with Crippen molar-refractivity contribution < 1.29 is 16.5 Å². The zero-order valence-corrected chi connectivity index (χ0v) is 9.92. The SMILES string of the molecule is N#CC1CCCCC1.[Cl][Pt][Cl]. The first-order valence-electron chi connectivity index (χ1n) is 3.57. The predicted octanol–water partition coefficient (Wildman–Crippen LogP) is 3.47. The van der Waals surface area contributed by atoms with Crippen molar-refractivity contribution in [1.82, 2.24) is 0 Å². The number of halogens is 2. The summed E-state index contributed by atoms with van der Waals surface area (Å²) in [5.41, 5.74) is 0. The normalized spacial score (nSPS) is 18.3. The Bertz CT molecular complexity index is 118. The molecule has 0 bridgehead atoms. The zero-order valence-electron chi connectivity index (χ0n) is 6.13. The van der Waals surface area contributed by atoms with Crippen LogP contribution in [0.25, 0.3) is 0 Å². The quantitative estimate of drug-likeness (QED) is 0.636. The Hall–Kier alpha value is 0.758. The first-order chi connectivity index (χ1) is 5.35. The fourth-order valence-electron chi connectivity index (χ4n) is 1.23. The van der Waals surface area contributed by atoms with Crippen LogP contribution < -0.4 is 0 Å². The van der Waals surface area contributed by atoms with E-state index in [0.29, 0.717) is 5.92 Å². The van der Waals surface area contributed by atoms with Crippen LogP contribution in [0.15, 0.2) is 0 Å². The van der Waals surface area contributed by atoms with Crippen LogP contribution in [0.4, 0.5) is 0 Å². The van der Waals surface area contributed by atoms with Crippen molar-refractivity contribution in [3.63, 3.8) is 0 Å². The number of nitrogens with zero attached hydrogens (tertiary/aromatic N) is 1. The first kappa shape index (κ1) is 11.8. The molecule has 0 spiro atoms. The Morgan fingerprint density at radius 3 is 1.91 bits per heavy atom. The number of hydrogen-bond acceptors (Lipinski definition) is 1. The van der Waals surface area contributed by atoms with Crippen LogP contribution in [0.2, 0.25) is 0 Å². The number of nitriles is 1. The summed E-state index contributed by atoms with van der Waals surface area (Å²) in [6.45, 7) is 0. The molecule has 1 nitrogen and oxygen atoms in total. The van der Waals surface area contributed by atoms with E-state index in [1.165, 1.54) is 19.3 Å². The Morgan fingerprint density at radius 1 is 1.18 bits per heavy atom. The molecule has 0 saturated heterocycles. The van der Waals surface area contributed by atoms with Crippen LogP contribution >= 0.6 is 18.8 Å². The second kappa shape index (κ2) is 8.85. The van der Waals surface area contributed by atoms with Crippen LogP contribution in [0.5, 0.6) is 0 Å². The van der Waals surface area contributed by atoms with Crippen molar-refractivity contribution in [2.75, 3.05) is 0 Å². The van der Waals surface area contributed by atoms with Gasteiger partial charge in [-0.1, -0.05) is 19.3 Å². The number of rotatable bonds is 0. The molecule has 0 unspecified atom stereocenters. The molecule has 0 aromatic heterocycles. The fraction of sp³-hybridized carbons (Fsp3) is 0.857. The van der Waals surface area contributed by atoms with Gasteiger partial charge in [0.25, 0.3) is 0 Å². The van der Waals surface area contributed by atoms with E-state index in [2.05, 4.69) is 6.07 Å². The molecule has 1 fully saturated rings. The summed E-state index contributed by atoms with van der Waals surface area (Å²) < 4.78 is 0. The van der Waals surface area contributed by atoms with Crippen LogP contribution in [0, 0.1) is 17.2 Å². The molecule has 0 amide bonds. The van der Waals surface area contributed by atoms with Crippen molar-refractivity contribution in [1.29, 1.82) is 5.26 Å². The molecule has 0 radical (unpaired) electrons. The van der Waals surface area contributed by atoms with Gasteiger partial charge in [-0.3, -0.25) is 0 Å². The molecule has 1 rings (SSSR count). The molecule has 0 N–H and O–H groups in total. The van der Waals surface area contributed by atoms with E-state index in [-0.39, 0.29) is 0 Å². The standard InChI is InChI=1S/C7H11N.2ClH.Pt/c8-6-7-4-2-1-3-5-7;;;/h7H,1-5H2;2*1H;/q;;;+2/p-2. The second-order valence-corrected chi connectivity index (χ2v) is 5.79. The van der Waals surface area contributed by atoms with E-state index < -0.39 is 16.5 Å². The zero-order chi connectivity index (χ0) is 8.53. The topological polar surface area (TPSA) is 23.8 Å². The van der Waals surface area contributed by atoms with Gasteiger partial charge >= 0.3 is 35.3 Å². The molecule has 1 aliphatic rings. The van der Waals surface area contributed by atoms with Crippen molar-refractivity contribution in [2.24, 2.45) is 5.92 Å². The van der Waals surface area contributed by atoms with Gasteiger partial charge in [0, 0.05) is 5.92 Å². The fourth-order valence-corrected chi connectivity index (χ4v) is 1.23. The van der Waals surface area contributed by atoms with E-state index in [9.17, 15) is 0 Å². The number of hydrogen-bond donors (Lipinski definition) is 0. The van der Waals surface area contributed by atoms with Gasteiger partial charge in [0.15, 0.2) is 0 Å². The van der Waals surface area contributed by atoms with E-state index in [1.807, 2.05) is 0 Å². The van der Waals surface area contributed by atoms with Gasteiger partial charge < -0.3 is 0 Å². The summed E-state index contributed by atoms with van der Waals surface area (Å²) in [5.74, 6) is 0.392. The van der Waals surface area contributed by atoms with Crippen LogP contribution in [0.1, 0.15) is 32.1 Å². The van der Waals surface area contributed by atoms with Gasteiger partial charge in [0.05, 0.1) is 6.07 Å². The third kappa shape index (κ3) is 7.13. The average Bonchev–Trinajstić information content (AvgIpc) is 2.08. The monoisotopic (exact) mass is 374 g/mol. The molecule has 0 aromatic carbocycles. The van der Waals surface area contributed by atoms with Gasteiger partial charge in [-0.05, 0) is 12.8 Å². The molecule has 4 heteroatoms. The molecule has 0 heterocycles. The van der Waals surface area contributed by atoms with E-state index in [4.69, 9.17) is 24.1 Å². The summed E-state index contributed by atoms with van der Waals surface area (Å²) in [4.78, 5) is 0. The third-order valence-electron chi connectivity index (χ3n) is 1.79. The van der Waals surface area contributed by atoms with Crippen LogP contribution in [-0.4, -0.2) is 0 Å². The second-order valence-electron chi connectivity index (χ2n) is 2.51. The summed E-state index contributed by atoms with van der Waals surface area (Å²) in [7, 11) is 9.75. The van der Waals surface area contributed by atoms with Crippen molar-refractivity contribution in [2.45, 2.75) is 32.1 Å². The summed E-state index contributed by atoms with van der Waals surface area (Å²) in [6, 6.07) is 2.30. The maximum atomic E-state index is 8.44. The molecule has 68 valence electrons. The maximum absolute atomic E-state index is 8.44. The van der Waals surface area contributed by atoms with E-state index in [0.717, 1.165) is 12.8 Å². The van der Waals surface area contributed by atoms with E-state index in [1.54, 1.807) is 0 Å². The van der Waals surface area contributed by atoms with Crippen LogP contribution in [0.3, 0.4) is 0 Å². The minimum absolute atomic E-state index is 0.392. The minimum atomic E-state index is -0.472. The molecule has 0 aliphatic heterocycles. The molecular weight excluding hydrogens is 364 g/mol. The Morgan fingerprint density at radius 2 is 1.64 bits per heavy atom. The average molecular weight is 375 g/mol. The molecule has 11 heavy (non-hydrogen) atoms. The molecule has 1 aliphatic carbocycles. The van der Waals surface area contributed by atoms with Gasteiger partial charge in [-0.2, -0.15) is 5.26 Å². The molecule has 0 aromatic rings. The molecular formula is C7H11Cl2NPt. The van der Waals surface area contributed by atoms with Gasteiger partial charge in [0.2, 0.25) is 0 Å². The Labute approximate surface area is 84.4 Å². The first-order valence-corrected chi connectivity index (χ1v) is 9.20. The van der Waals surface area contributed by atoms with Crippen molar-refractivity contribution >= 4 is 18.8 Å². The third-order valence-corrected chi connectivity index (χ3v) is 1.79. The van der Waals surface area contributed by atoms with Crippen LogP contribution in [-0.2, 0) is 16.5 Å². The molecule has 1 saturated carbocycles. The predicted molar refractivity (Wildman–Crippen MR) is 43.9 cm³/mol. The van der Waals surface area contributed by atoms with Gasteiger partial charge in [0.1, 0.15) is 0 Å². The Kier molecular flexibility index (Phi) is 9.46. The summed E-state index contributed by atoms with van der Waals surface area (Å²) >= 11 is -0.472. The van der Waals surface area contributed by atoms with Crippen molar-refractivity contribution in [3.8, 4) is 6.07 Å².